The van der Waals surface area contributed by atoms with Crippen molar-refractivity contribution in [3.63, 3.8) is 0 Å². The number of anilines is 1. The van der Waals surface area contributed by atoms with E-state index in [1.165, 1.54) is 24.3 Å². The summed E-state index contributed by atoms with van der Waals surface area (Å²) in [7, 11) is 0.0822. The molecule has 1 atom stereocenters. The minimum Gasteiger partial charge on any atom is -0.452 e. The molecule has 0 aromatic heterocycles. The second-order valence-corrected chi connectivity index (χ2v) is 7.54. The smallest absolute Gasteiger partial charge is 0.339 e. The molecule has 0 radical (unpaired) electrons. The Morgan fingerprint density at radius 1 is 1.07 bits per heavy atom. The van der Waals surface area contributed by atoms with E-state index in [1.54, 1.807) is 30.3 Å². The Morgan fingerprint density at radius 3 is 2.36 bits per heavy atom. The van der Waals surface area contributed by atoms with Gasteiger partial charge in [0.15, 0.2) is 6.61 Å². The van der Waals surface area contributed by atoms with E-state index in [9.17, 15) is 18.6 Å². The van der Waals surface area contributed by atoms with Crippen LogP contribution >= 0.6 is 0 Å². The first kappa shape index (κ1) is 21.3. The number of esters is 1. The van der Waals surface area contributed by atoms with E-state index in [1.807, 2.05) is 19.1 Å². The van der Waals surface area contributed by atoms with Gasteiger partial charge in [0.2, 0.25) is 5.91 Å². The van der Waals surface area contributed by atoms with Crippen molar-refractivity contribution in [3.8, 4) is 0 Å². The predicted octanol–water partition coefficient (Wildman–Crippen LogP) is 1.99. The van der Waals surface area contributed by atoms with Gasteiger partial charge in [0.05, 0.1) is 27.8 Å². The van der Waals surface area contributed by atoms with E-state index < -0.39 is 29.3 Å². The van der Waals surface area contributed by atoms with E-state index in [2.05, 4.69) is 5.32 Å². The Labute approximate surface area is 166 Å². The number of carbonyl (C=O) groups excluding carboxylic acids is 3. The Balaban J connectivity index is 1.87. The molecule has 0 aliphatic carbocycles. The van der Waals surface area contributed by atoms with Crippen LogP contribution < -0.4 is 5.32 Å². The van der Waals surface area contributed by atoms with Gasteiger partial charge in [-0.15, -0.1) is 0 Å². The number of amides is 2. The van der Waals surface area contributed by atoms with Crippen molar-refractivity contribution < 1.29 is 23.3 Å². The van der Waals surface area contributed by atoms with E-state index in [4.69, 9.17) is 4.74 Å². The molecule has 0 saturated heterocycles. The summed E-state index contributed by atoms with van der Waals surface area (Å²) >= 11 is 0. The molecule has 2 aromatic rings. The summed E-state index contributed by atoms with van der Waals surface area (Å²) in [6, 6.07) is 13.6. The number of carbonyl (C=O) groups is 3. The van der Waals surface area contributed by atoms with Crippen LogP contribution in [0.4, 0.5) is 5.69 Å². The van der Waals surface area contributed by atoms with Gasteiger partial charge in [-0.1, -0.05) is 29.8 Å². The summed E-state index contributed by atoms with van der Waals surface area (Å²) in [5.41, 5.74) is 1.85. The fourth-order valence-corrected chi connectivity index (χ4v) is 3.07. The fraction of sp³-hybridized carbons (Fsp3) is 0.250. The zero-order chi connectivity index (χ0) is 20.7. The van der Waals surface area contributed by atoms with Crippen molar-refractivity contribution in [3.05, 3.63) is 59.7 Å². The van der Waals surface area contributed by atoms with Crippen molar-refractivity contribution in [2.24, 2.45) is 0 Å². The van der Waals surface area contributed by atoms with Crippen LogP contribution in [0.2, 0.25) is 0 Å². The van der Waals surface area contributed by atoms with Crippen LogP contribution in [0.3, 0.4) is 0 Å². The Kier molecular flexibility index (Phi) is 7.45. The van der Waals surface area contributed by atoms with Gasteiger partial charge in [0, 0.05) is 19.0 Å². The summed E-state index contributed by atoms with van der Waals surface area (Å²) in [6.07, 6.45) is 1.46. The maximum atomic E-state index is 12.2. The van der Waals surface area contributed by atoms with Crippen LogP contribution in [0.15, 0.2) is 53.4 Å². The number of rotatable bonds is 7. The molecule has 7 nitrogen and oxygen atoms in total. The molecule has 2 rings (SSSR count). The minimum absolute atomic E-state index is 0.149. The number of ether oxygens (including phenoxy) is 1. The van der Waals surface area contributed by atoms with Gasteiger partial charge in [-0.25, -0.2) is 4.79 Å². The second-order valence-electron chi connectivity index (χ2n) is 6.19. The van der Waals surface area contributed by atoms with Gasteiger partial charge >= 0.3 is 5.97 Å². The maximum Gasteiger partial charge on any atom is 0.339 e. The van der Waals surface area contributed by atoms with Crippen LogP contribution in [-0.2, 0) is 25.1 Å². The van der Waals surface area contributed by atoms with Crippen LogP contribution in [0.1, 0.15) is 15.9 Å². The van der Waals surface area contributed by atoms with E-state index >= 15 is 0 Å². The molecule has 1 N–H and O–H groups in total. The molecule has 2 aromatic carbocycles. The number of aryl methyl sites for hydroxylation is 1. The zero-order valence-electron chi connectivity index (χ0n) is 15.9. The fourth-order valence-electron chi connectivity index (χ4n) is 2.34. The molecule has 2 amide bonds. The second kappa shape index (κ2) is 9.80. The number of likely N-dealkylation sites (N-methyl/N-ethyl adjacent to an activating group) is 1. The summed E-state index contributed by atoms with van der Waals surface area (Å²) in [6.45, 7) is 1.24. The molecule has 0 heterocycles. The lowest BCUT2D eigenvalue weighted by Gasteiger charge is -2.17. The number of hydrogen-bond acceptors (Lipinski definition) is 5. The molecule has 148 valence electrons. The standard InChI is InChI=1S/C20H22N2O5S/c1-14-8-10-15(11-9-14)21-18(23)12-22(2)19(24)13-27-20(25)16-6-4-5-7-17(16)28(3)26/h4-11H,12-13H2,1-3H3,(H,21,23)/t28-/m1/s1. The normalized spacial score (nSPS) is 11.4. The maximum absolute atomic E-state index is 12.2. The molecule has 0 bridgehead atoms. The summed E-state index contributed by atoms with van der Waals surface area (Å²) in [4.78, 5) is 37.9. The topological polar surface area (TPSA) is 92.8 Å². The molecule has 0 aliphatic heterocycles. The lowest BCUT2D eigenvalue weighted by Crippen LogP contribution is -2.37. The first-order valence-corrected chi connectivity index (χ1v) is 10.0. The molecule has 0 unspecified atom stereocenters. The van der Waals surface area contributed by atoms with Gasteiger partial charge in [-0.3, -0.25) is 13.8 Å². The lowest BCUT2D eigenvalue weighted by molar-refractivity contribution is -0.136. The quantitative estimate of drug-likeness (QED) is 0.715. The summed E-state index contributed by atoms with van der Waals surface area (Å²) < 4.78 is 16.7. The first-order chi connectivity index (χ1) is 13.3. The van der Waals surface area contributed by atoms with Gasteiger partial charge in [0.25, 0.3) is 5.91 Å². The molecule has 8 heteroatoms. The molecule has 0 saturated carbocycles. The van der Waals surface area contributed by atoms with Crippen molar-refractivity contribution >= 4 is 34.3 Å². The number of benzene rings is 2. The van der Waals surface area contributed by atoms with Crippen LogP contribution in [-0.4, -0.2) is 53.3 Å². The Hall–Kier alpha value is -3.00. The third kappa shape index (κ3) is 6.02. The van der Waals surface area contributed by atoms with Crippen molar-refractivity contribution in [1.82, 2.24) is 4.90 Å². The Bertz CT molecular complexity index is 896. The minimum atomic E-state index is -1.36. The highest BCUT2D eigenvalue weighted by atomic mass is 32.2. The first-order valence-electron chi connectivity index (χ1n) is 8.48. The van der Waals surface area contributed by atoms with Crippen LogP contribution in [0.5, 0.6) is 0 Å². The SMILES string of the molecule is Cc1ccc(NC(=O)CN(C)C(=O)COC(=O)c2ccccc2[S@@](C)=O)cc1. The van der Waals surface area contributed by atoms with Gasteiger partial charge in [-0.05, 0) is 31.2 Å². The third-order valence-electron chi connectivity index (χ3n) is 3.89. The van der Waals surface area contributed by atoms with Gasteiger partial charge in [-0.2, -0.15) is 0 Å². The van der Waals surface area contributed by atoms with Crippen LogP contribution in [0.25, 0.3) is 0 Å². The summed E-state index contributed by atoms with van der Waals surface area (Å²) in [5, 5.41) is 2.69. The molecule has 0 fully saturated rings. The average Bonchev–Trinajstić information content (AvgIpc) is 2.67. The van der Waals surface area contributed by atoms with Gasteiger partial charge in [0.1, 0.15) is 0 Å². The summed E-state index contributed by atoms with van der Waals surface area (Å²) in [5.74, 6) is -1.63. The van der Waals surface area contributed by atoms with Gasteiger partial charge < -0.3 is 15.0 Å². The predicted molar refractivity (Wildman–Crippen MR) is 107 cm³/mol. The molecular formula is C20H22N2O5S. The highest BCUT2D eigenvalue weighted by Gasteiger charge is 2.18. The average molecular weight is 402 g/mol. The van der Waals surface area contributed by atoms with E-state index in [0.29, 0.717) is 10.6 Å². The lowest BCUT2D eigenvalue weighted by atomic mass is 10.2. The number of nitrogens with zero attached hydrogens (tertiary/aromatic N) is 1. The third-order valence-corrected chi connectivity index (χ3v) is 4.86. The molecule has 0 aliphatic rings. The van der Waals surface area contributed by atoms with Crippen molar-refractivity contribution in [2.75, 3.05) is 31.8 Å². The largest absolute Gasteiger partial charge is 0.452 e. The van der Waals surface area contributed by atoms with Crippen molar-refractivity contribution in [2.45, 2.75) is 11.8 Å². The van der Waals surface area contributed by atoms with E-state index in [0.717, 1.165) is 5.56 Å². The molecule has 28 heavy (non-hydrogen) atoms. The Morgan fingerprint density at radius 2 is 1.71 bits per heavy atom. The zero-order valence-corrected chi connectivity index (χ0v) is 16.7. The van der Waals surface area contributed by atoms with E-state index in [-0.39, 0.29) is 18.0 Å². The van der Waals surface area contributed by atoms with Crippen molar-refractivity contribution in [1.29, 1.82) is 0 Å². The van der Waals surface area contributed by atoms with Crippen LogP contribution in [0, 0.1) is 6.92 Å². The highest BCUT2D eigenvalue weighted by Crippen LogP contribution is 2.14. The molecular weight excluding hydrogens is 380 g/mol. The number of hydrogen-bond donors (Lipinski definition) is 1. The number of nitrogens with one attached hydrogen (secondary N) is 1. The monoisotopic (exact) mass is 402 g/mol. The molecule has 0 spiro atoms. The highest BCUT2D eigenvalue weighted by molar-refractivity contribution is 7.84.